The lowest BCUT2D eigenvalue weighted by Gasteiger charge is -2.39. The van der Waals surface area contributed by atoms with Gasteiger partial charge < -0.3 is 20.9 Å². The van der Waals surface area contributed by atoms with Crippen LogP contribution in [0.2, 0.25) is 0 Å². The van der Waals surface area contributed by atoms with E-state index in [9.17, 15) is 14.4 Å². The van der Waals surface area contributed by atoms with Crippen LogP contribution in [0.4, 0.5) is 10.8 Å². The Labute approximate surface area is 184 Å². The summed E-state index contributed by atoms with van der Waals surface area (Å²) in [4.78, 5) is 45.3. The van der Waals surface area contributed by atoms with Crippen LogP contribution < -0.4 is 16.0 Å². The average molecular weight is 440 g/mol. The maximum absolute atomic E-state index is 12.7. The molecule has 0 radical (unpaired) electrons. The lowest BCUT2D eigenvalue weighted by Crippen LogP contribution is -2.58. The van der Waals surface area contributed by atoms with E-state index >= 15 is 0 Å². The number of hydrogen-bond acceptors (Lipinski definition) is 6. The number of nitrogens with one attached hydrogen (secondary N) is 3. The SMILES string of the molecule is O=C(CN1CC[C@@]2(CCC1=O)NC(=O)c1ccccc1N2)Nc1nc2c(s1)CCCC2. The fourth-order valence-electron chi connectivity index (χ4n) is 4.57. The van der Waals surface area contributed by atoms with E-state index in [1.807, 2.05) is 18.2 Å². The average Bonchev–Trinajstić information content (AvgIpc) is 3.11. The van der Waals surface area contributed by atoms with Gasteiger partial charge in [0.05, 0.1) is 17.8 Å². The van der Waals surface area contributed by atoms with E-state index in [0.29, 0.717) is 30.1 Å². The lowest BCUT2D eigenvalue weighted by atomic mass is 9.95. The van der Waals surface area contributed by atoms with E-state index in [-0.39, 0.29) is 30.7 Å². The third-order valence-corrected chi connectivity index (χ3v) is 7.32. The monoisotopic (exact) mass is 439 g/mol. The van der Waals surface area contributed by atoms with E-state index in [2.05, 4.69) is 20.9 Å². The molecule has 1 aromatic heterocycles. The summed E-state index contributed by atoms with van der Waals surface area (Å²) in [5.41, 5.74) is 1.79. The van der Waals surface area contributed by atoms with Crippen molar-refractivity contribution in [3.8, 4) is 0 Å². The minimum Gasteiger partial charge on any atom is -0.362 e. The van der Waals surface area contributed by atoms with Crippen LogP contribution >= 0.6 is 11.3 Å². The number of fused-ring (bicyclic) bond motifs is 2. The van der Waals surface area contributed by atoms with E-state index < -0.39 is 5.66 Å². The first kappa shape index (κ1) is 20.0. The molecule has 1 spiro atoms. The van der Waals surface area contributed by atoms with Crippen LogP contribution in [0.25, 0.3) is 0 Å². The van der Waals surface area contributed by atoms with Gasteiger partial charge in [-0.1, -0.05) is 12.1 Å². The van der Waals surface area contributed by atoms with Crippen LogP contribution in [0.5, 0.6) is 0 Å². The molecule has 9 heteroatoms. The van der Waals surface area contributed by atoms with Crippen molar-refractivity contribution in [3.05, 3.63) is 40.4 Å². The minimum absolute atomic E-state index is 0.0102. The summed E-state index contributed by atoms with van der Waals surface area (Å²) in [5, 5.41) is 9.96. The third kappa shape index (κ3) is 4.01. The molecule has 5 rings (SSSR count). The Balaban J connectivity index is 1.24. The molecule has 3 heterocycles. The zero-order valence-electron chi connectivity index (χ0n) is 17.2. The van der Waals surface area contributed by atoms with Crippen molar-refractivity contribution < 1.29 is 14.4 Å². The van der Waals surface area contributed by atoms with Gasteiger partial charge in [0.1, 0.15) is 5.66 Å². The molecule has 2 aromatic rings. The van der Waals surface area contributed by atoms with Crippen LogP contribution in [0, 0.1) is 0 Å². The van der Waals surface area contributed by atoms with E-state index in [1.165, 1.54) is 22.6 Å². The highest BCUT2D eigenvalue weighted by molar-refractivity contribution is 7.15. The molecule has 162 valence electrons. The second-order valence-corrected chi connectivity index (χ2v) is 9.50. The number of amides is 3. The highest BCUT2D eigenvalue weighted by Gasteiger charge is 2.40. The quantitative estimate of drug-likeness (QED) is 0.682. The highest BCUT2D eigenvalue weighted by atomic mass is 32.1. The van der Waals surface area contributed by atoms with Crippen LogP contribution in [0.1, 0.15) is 53.0 Å². The predicted molar refractivity (Wildman–Crippen MR) is 118 cm³/mol. The Morgan fingerprint density at radius 2 is 1.97 bits per heavy atom. The molecule has 8 nitrogen and oxygen atoms in total. The molecule has 1 aliphatic carbocycles. The van der Waals surface area contributed by atoms with Crippen molar-refractivity contribution in [2.24, 2.45) is 0 Å². The third-order valence-electron chi connectivity index (χ3n) is 6.25. The summed E-state index contributed by atoms with van der Waals surface area (Å²) >= 11 is 1.54. The molecule has 0 saturated carbocycles. The molecule has 1 saturated heterocycles. The molecule has 1 fully saturated rings. The number of anilines is 2. The molecule has 3 aliphatic rings. The number of aryl methyl sites for hydroxylation is 2. The zero-order valence-corrected chi connectivity index (χ0v) is 18.0. The maximum atomic E-state index is 12.7. The Kier molecular flexibility index (Phi) is 5.13. The number of nitrogens with zero attached hydrogens (tertiary/aromatic N) is 2. The number of para-hydroxylation sites is 1. The Morgan fingerprint density at radius 3 is 2.84 bits per heavy atom. The van der Waals surface area contributed by atoms with E-state index in [0.717, 1.165) is 30.6 Å². The summed E-state index contributed by atoms with van der Waals surface area (Å²) < 4.78 is 0. The van der Waals surface area contributed by atoms with Crippen molar-refractivity contribution in [2.45, 2.75) is 50.6 Å². The lowest BCUT2D eigenvalue weighted by molar-refractivity contribution is -0.134. The fraction of sp³-hybridized carbons (Fsp3) is 0.455. The summed E-state index contributed by atoms with van der Waals surface area (Å²) in [6.45, 7) is 0.375. The fourth-order valence-corrected chi connectivity index (χ4v) is 5.64. The standard InChI is InChI=1S/C22H25N5O3S/c28-18(24-21-23-16-7-3-4-8-17(16)31-21)13-27-12-11-22(10-9-19(27)29)25-15-6-2-1-5-14(15)20(30)26-22/h1-2,5-6,25H,3-4,7-13H2,(H,26,30)(H,23,24,28)/t22-/m1/s1. The Morgan fingerprint density at radius 1 is 1.13 bits per heavy atom. The van der Waals surface area contributed by atoms with Gasteiger partial charge >= 0.3 is 0 Å². The molecule has 1 aromatic carbocycles. The smallest absolute Gasteiger partial charge is 0.255 e. The van der Waals surface area contributed by atoms with Crippen molar-refractivity contribution >= 4 is 39.9 Å². The van der Waals surface area contributed by atoms with Gasteiger partial charge in [-0.05, 0) is 44.2 Å². The van der Waals surface area contributed by atoms with Gasteiger partial charge in [-0.3, -0.25) is 14.4 Å². The summed E-state index contributed by atoms with van der Waals surface area (Å²) in [6.07, 6.45) is 5.56. The number of likely N-dealkylation sites (tertiary alicyclic amines) is 1. The van der Waals surface area contributed by atoms with E-state index in [1.54, 1.807) is 11.0 Å². The predicted octanol–water partition coefficient (Wildman–Crippen LogP) is 2.52. The van der Waals surface area contributed by atoms with Crippen LogP contribution in [-0.2, 0) is 22.4 Å². The van der Waals surface area contributed by atoms with Crippen molar-refractivity contribution in [3.63, 3.8) is 0 Å². The second-order valence-electron chi connectivity index (χ2n) is 8.42. The van der Waals surface area contributed by atoms with Crippen molar-refractivity contribution in [1.29, 1.82) is 0 Å². The van der Waals surface area contributed by atoms with Gasteiger partial charge in [0.15, 0.2) is 5.13 Å². The summed E-state index contributed by atoms with van der Waals surface area (Å²) in [5.74, 6) is -0.456. The molecule has 2 aliphatic heterocycles. The minimum atomic E-state index is -0.680. The van der Waals surface area contributed by atoms with Gasteiger partial charge in [0.25, 0.3) is 5.91 Å². The zero-order chi connectivity index (χ0) is 21.4. The van der Waals surface area contributed by atoms with Gasteiger partial charge in [-0.2, -0.15) is 0 Å². The van der Waals surface area contributed by atoms with Gasteiger partial charge in [0, 0.05) is 30.0 Å². The van der Waals surface area contributed by atoms with Crippen molar-refractivity contribution in [1.82, 2.24) is 15.2 Å². The molecule has 1 atom stereocenters. The first-order chi connectivity index (χ1) is 15.0. The van der Waals surface area contributed by atoms with Gasteiger partial charge in [-0.15, -0.1) is 11.3 Å². The molecule has 3 amide bonds. The maximum Gasteiger partial charge on any atom is 0.255 e. The normalized spacial score (nSPS) is 22.8. The van der Waals surface area contributed by atoms with Gasteiger partial charge in [-0.25, -0.2) is 4.98 Å². The van der Waals surface area contributed by atoms with Crippen LogP contribution in [0.3, 0.4) is 0 Å². The summed E-state index contributed by atoms with van der Waals surface area (Å²) in [7, 11) is 0. The van der Waals surface area contributed by atoms with Crippen LogP contribution in [0.15, 0.2) is 24.3 Å². The Bertz CT molecular complexity index is 1030. The number of carbonyl (C=O) groups is 3. The largest absolute Gasteiger partial charge is 0.362 e. The van der Waals surface area contributed by atoms with E-state index in [4.69, 9.17) is 0 Å². The molecular weight excluding hydrogens is 414 g/mol. The first-order valence-electron chi connectivity index (χ1n) is 10.8. The van der Waals surface area contributed by atoms with Crippen LogP contribution in [-0.4, -0.2) is 46.4 Å². The van der Waals surface area contributed by atoms with Gasteiger partial charge in [0.2, 0.25) is 11.8 Å². The molecule has 0 unspecified atom stereocenters. The molecule has 3 N–H and O–H groups in total. The van der Waals surface area contributed by atoms with Crippen molar-refractivity contribution in [2.75, 3.05) is 23.7 Å². The number of thiazole rings is 1. The second kappa shape index (κ2) is 7.96. The number of benzene rings is 1. The first-order valence-corrected chi connectivity index (χ1v) is 11.6. The Hall–Kier alpha value is -2.94. The number of rotatable bonds is 3. The highest BCUT2D eigenvalue weighted by Crippen LogP contribution is 2.32. The molecular formula is C22H25N5O3S. The molecule has 0 bridgehead atoms. The number of carbonyl (C=O) groups excluding carboxylic acids is 3. The number of hydrogen-bond donors (Lipinski definition) is 3. The summed E-state index contributed by atoms with van der Waals surface area (Å²) in [6, 6.07) is 7.36. The number of aromatic nitrogens is 1. The topological polar surface area (TPSA) is 103 Å². The molecule has 31 heavy (non-hydrogen) atoms.